The summed E-state index contributed by atoms with van der Waals surface area (Å²) in [4.78, 5) is 0. The van der Waals surface area contributed by atoms with Crippen molar-refractivity contribution in [2.24, 2.45) is 0 Å². The van der Waals surface area contributed by atoms with Gasteiger partial charge in [-0.15, -0.1) is 0 Å². The van der Waals surface area contributed by atoms with Crippen LogP contribution in [0.1, 0.15) is 27.8 Å². The van der Waals surface area contributed by atoms with Crippen molar-refractivity contribution in [2.45, 2.75) is 19.8 Å². The molecule has 4 aromatic rings. The van der Waals surface area contributed by atoms with Gasteiger partial charge < -0.3 is 0 Å². The molecular formula is C27H19F3. The molecule has 0 spiro atoms. The zero-order valence-electron chi connectivity index (χ0n) is 16.5. The number of fused-ring (bicyclic) bond motifs is 1. The van der Waals surface area contributed by atoms with Crippen LogP contribution < -0.4 is 0 Å². The minimum atomic E-state index is -0.855. The van der Waals surface area contributed by atoms with Crippen LogP contribution in [0.15, 0.2) is 72.8 Å². The SMILES string of the molecule is Cc1ccc(CCc2ccc(C#Cc3ccc4c(F)c(F)ccc4c3)cc2)c(F)c1. The van der Waals surface area contributed by atoms with E-state index < -0.39 is 11.6 Å². The molecule has 0 saturated carbocycles. The highest BCUT2D eigenvalue weighted by Gasteiger charge is 2.07. The monoisotopic (exact) mass is 400 g/mol. The van der Waals surface area contributed by atoms with Gasteiger partial charge in [-0.2, -0.15) is 0 Å². The van der Waals surface area contributed by atoms with Crippen molar-refractivity contribution >= 4 is 10.8 Å². The smallest absolute Gasteiger partial charge is 0.166 e. The van der Waals surface area contributed by atoms with Gasteiger partial charge in [0.1, 0.15) is 5.82 Å². The summed E-state index contributed by atoms with van der Waals surface area (Å²) in [7, 11) is 0. The molecule has 0 N–H and O–H groups in total. The predicted octanol–water partition coefficient (Wildman–Crippen LogP) is 6.75. The Hall–Kier alpha value is -3.51. The van der Waals surface area contributed by atoms with Crippen LogP contribution in [0.2, 0.25) is 0 Å². The fraction of sp³-hybridized carbons (Fsp3) is 0.111. The Morgan fingerprint density at radius 2 is 1.40 bits per heavy atom. The van der Waals surface area contributed by atoms with Gasteiger partial charge in [0.25, 0.3) is 0 Å². The van der Waals surface area contributed by atoms with Crippen LogP contribution in [0.3, 0.4) is 0 Å². The quantitative estimate of drug-likeness (QED) is 0.334. The van der Waals surface area contributed by atoms with Gasteiger partial charge in [0.05, 0.1) is 0 Å². The van der Waals surface area contributed by atoms with Gasteiger partial charge in [-0.1, -0.05) is 48.2 Å². The lowest BCUT2D eigenvalue weighted by molar-refractivity contribution is 0.517. The minimum absolute atomic E-state index is 0.157. The first kappa shape index (κ1) is 19.8. The molecule has 0 aliphatic rings. The van der Waals surface area contributed by atoms with Crippen molar-refractivity contribution < 1.29 is 13.2 Å². The molecule has 4 aromatic carbocycles. The van der Waals surface area contributed by atoms with E-state index in [0.717, 1.165) is 40.3 Å². The van der Waals surface area contributed by atoms with Crippen LogP contribution in [0.4, 0.5) is 13.2 Å². The normalized spacial score (nSPS) is 10.7. The van der Waals surface area contributed by atoms with E-state index in [1.54, 1.807) is 30.3 Å². The number of rotatable bonds is 3. The van der Waals surface area contributed by atoms with Gasteiger partial charge in [-0.3, -0.25) is 0 Å². The van der Waals surface area contributed by atoms with E-state index in [1.165, 1.54) is 0 Å². The van der Waals surface area contributed by atoms with Gasteiger partial charge in [0, 0.05) is 16.5 Å². The van der Waals surface area contributed by atoms with Crippen molar-refractivity contribution in [1.82, 2.24) is 0 Å². The Balaban J connectivity index is 1.46. The Morgan fingerprint density at radius 3 is 2.17 bits per heavy atom. The molecule has 0 saturated heterocycles. The van der Waals surface area contributed by atoms with Crippen molar-refractivity contribution in [2.75, 3.05) is 0 Å². The largest absolute Gasteiger partial charge is 0.207 e. The number of hydrogen-bond acceptors (Lipinski definition) is 0. The Labute approximate surface area is 174 Å². The van der Waals surface area contributed by atoms with Crippen LogP contribution in [0, 0.1) is 36.2 Å². The molecule has 30 heavy (non-hydrogen) atoms. The van der Waals surface area contributed by atoms with Gasteiger partial charge in [0.2, 0.25) is 0 Å². The van der Waals surface area contributed by atoms with Gasteiger partial charge in [0.15, 0.2) is 11.6 Å². The molecule has 0 bridgehead atoms. The number of halogens is 3. The molecule has 0 nitrogen and oxygen atoms in total. The molecule has 0 fully saturated rings. The summed E-state index contributed by atoms with van der Waals surface area (Å²) in [5.41, 5.74) is 4.33. The molecular weight excluding hydrogens is 381 g/mol. The van der Waals surface area contributed by atoms with E-state index in [4.69, 9.17) is 0 Å². The highest BCUT2D eigenvalue weighted by Crippen LogP contribution is 2.21. The lowest BCUT2D eigenvalue weighted by Crippen LogP contribution is -1.95. The Kier molecular flexibility index (Phi) is 5.59. The van der Waals surface area contributed by atoms with Gasteiger partial charge in [-0.05, 0) is 78.2 Å². The first-order valence-electron chi connectivity index (χ1n) is 9.73. The van der Waals surface area contributed by atoms with E-state index in [9.17, 15) is 13.2 Å². The van der Waals surface area contributed by atoms with Gasteiger partial charge >= 0.3 is 0 Å². The standard InChI is InChI=1S/C27H19F3/c1-18-2-11-22(26(29)16-18)12-9-20-5-3-19(4-6-20)7-8-21-10-14-24-23(17-21)13-15-25(28)27(24)30/h2-6,10-11,13-17H,9,12H2,1H3. The van der Waals surface area contributed by atoms with Crippen molar-refractivity contribution in [1.29, 1.82) is 0 Å². The fourth-order valence-electron chi connectivity index (χ4n) is 3.38. The van der Waals surface area contributed by atoms with E-state index in [0.29, 0.717) is 11.8 Å². The first-order valence-corrected chi connectivity index (χ1v) is 9.73. The summed E-state index contributed by atoms with van der Waals surface area (Å²) in [6.07, 6.45) is 1.39. The van der Waals surface area contributed by atoms with E-state index in [-0.39, 0.29) is 11.2 Å². The summed E-state index contributed by atoms with van der Waals surface area (Å²) in [5.74, 6) is 4.30. The molecule has 0 radical (unpaired) electrons. The molecule has 0 unspecified atom stereocenters. The first-order chi connectivity index (χ1) is 14.5. The van der Waals surface area contributed by atoms with Crippen molar-refractivity contribution in [3.63, 3.8) is 0 Å². The average Bonchev–Trinajstić information content (AvgIpc) is 2.75. The van der Waals surface area contributed by atoms with Crippen molar-refractivity contribution in [3.05, 3.63) is 118 Å². The topological polar surface area (TPSA) is 0 Å². The third-order valence-corrected chi connectivity index (χ3v) is 5.10. The maximum absolute atomic E-state index is 14.0. The number of benzene rings is 4. The molecule has 0 heterocycles. The van der Waals surface area contributed by atoms with E-state index in [1.807, 2.05) is 43.3 Å². The molecule has 0 atom stereocenters. The minimum Gasteiger partial charge on any atom is -0.207 e. The van der Waals surface area contributed by atoms with Crippen LogP contribution >= 0.6 is 0 Å². The molecule has 3 heteroatoms. The van der Waals surface area contributed by atoms with Gasteiger partial charge in [-0.25, -0.2) is 13.2 Å². The van der Waals surface area contributed by atoms with Crippen LogP contribution in [0.25, 0.3) is 10.8 Å². The summed E-state index contributed by atoms with van der Waals surface area (Å²) >= 11 is 0. The maximum Gasteiger partial charge on any atom is 0.166 e. The lowest BCUT2D eigenvalue weighted by atomic mass is 10.0. The summed E-state index contributed by atoms with van der Waals surface area (Å²) in [5, 5.41) is 0.856. The van der Waals surface area contributed by atoms with Crippen molar-refractivity contribution in [3.8, 4) is 11.8 Å². The van der Waals surface area contributed by atoms with Crippen LogP contribution in [-0.2, 0) is 12.8 Å². The molecule has 4 rings (SSSR count). The summed E-state index contributed by atoms with van der Waals surface area (Å²) < 4.78 is 41.1. The average molecular weight is 400 g/mol. The molecule has 148 valence electrons. The third-order valence-electron chi connectivity index (χ3n) is 5.10. The second-order valence-electron chi connectivity index (χ2n) is 7.34. The lowest BCUT2D eigenvalue weighted by Gasteiger charge is -2.05. The highest BCUT2D eigenvalue weighted by atomic mass is 19.2. The molecule has 0 aromatic heterocycles. The maximum atomic E-state index is 14.0. The summed E-state index contributed by atoms with van der Waals surface area (Å²) in [6.45, 7) is 1.88. The Morgan fingerprint density at radius 1 is 0.667 bits per heavy atom. The Bertz CT molecular complexity index is 1280. The third kappa shape index (κ3) is 4.39. The zero-order valence-corrected chi connectivity index (χ0v) is 16.5. The molecule has 0 amide bonds. The summed E-state index contributed by atoms with van der Waals surface area (Å²) in [6, 6.07) is 20.8. The molecule has 0 aliphatic heterocycles. The number of aryl methyl sites for hydroxylation is 3. The highest BCUT2D eigenvalue weighted by molar-refractivity contribution is 5.84. The van der Waals surface area contributed by atoms with Crippen LogP contribution in [0.5, 0.6) is 0 Å². The predicted molar refractivity (Wildman–Crippen MR) is 115 cm³/mol. The fourth-order valence-corrected chi connectivity index (χ4v) is 3.38. The number of hydrogen-bond donors (Lipinski definition) is 0. The van der Waals surface area contributed by atoms with Crippen LogP contribution in [-0.4, -0.2) is 0 Å². The second-order valence-corrected chi connectivity index (χ2v) is 7.34. The van der Waals surface area contributed by atoms with E-state index in [2.05, 4.69) is 11.8 Å². The second kappa shape index (κ2) is 8.47. The molecule has 0 aliphatic carbocycles. The van der Waals surface area contributed by atoms with E-state index >= 15 is 0 Å². The zero-order chi connectivity index (χ0) is 21.1.